The molecule has 0 N–H and O–H groups in total. The third-order valence-corrected chi connectivity index (χ3v) is 6.32. The van der Waals surface area contributed by atoms with E-state index in [4.69, 9.17) is 4.52 Å². The van der Waals surface area contributed by atoms with E-state index in [2.05, 4.69) is 10.1 Å². The van der Waals surface area contributed by atoms with Gasteiger partial charge in [-0.3, -0.25) is 9.69 Å². The van der Waals surface area contributed by atoms with E-state index in [-0.39, 0.29) is 30.2 Å². The smallest absolute Gasteiger partial charge is 0.325 e. The highest BCUT2D eigenvalue weighted by molar-refractivity contribution is 5.96. The molecule has 164 valence electrons. The van der Waals surface area contributed by atoms with E-state index >= 15 is 0 Å². The zero-order valence-corrected chi connectivity index (χ0v) is 17.4. The van der Waals surface area contributed by atoms with Gasteiger partial charge in [0.05, 0.1) is 0 Å². The zero-order chi connectivity index (χ0) is 21.4. The number of rotatable bonds is 6. The SMILES string of the molecule is O=C(CN1CCN(c2ccc(F)cc2)C1=O)N1CCCC(Cc2nc(C3CC3)no2)C1. The quantitative estimate of drug-likeness (QED) is 0.708. The van der Waals surface area contributed by atoms with Gasteiger partial charge in [-0.2, -0.15) is 4.98 Å². The van der Waals surface area contributed by atoms with Crippen molar-refractivity contribution in [3.05, 3.63) is 41.8 Å². The maximum atomic E-state index is 13.2. The van der Waals surface area contributed by atoms with Gasteiger partial charge in [0, 0.05) is 44.2 Å². The number of piperidine rings is 1. The molecule has 0 spiro atoms. The van der Waals surface area contributed by atoms with Crippen LogP contribution >= 0.6 is 0 Å². The van der Waals surface area contributed by atoms with E-state index in [0.29, 0.717) is 50.1 Å². The van der Waals surface area contributed by atoms with Gasteiger partial charge in [-0.25, -0.2) is 9.18 Å². The van der Waals surface area contributed by atoms with Gasteiger partial charge >= 0.3 is 6.03 Å². The lowest BCUT2D eigenvalue weighted by Crippen LogP contribution is -2.46. The minimum absolute atomic E-state index is 0.0387. The van der Waals surface area contributed by atoms with Crippen molar-refractivity contribution in [1.29, 1.82) is 0 Å². The Bertz CT molecular complexity index is 958. The van der Waals surface area contributed by atoms with Gasteiger partial charge < -0.3 is 14.3 Å². The molecule has 31 heavy (non-hydrogen) atoms. The number of anilines is 1. The van der Waals surface area contributed by atoms with E-state index in [9.17, 15) is 14.0 Å². The fourth-order valence-electron chi connectivity index (χ4n) is 4.42. The maximum Gasteiger partial charge on any atom is 0.325 e. The number of carbonyl (C=O) groups is 2. The molecule has 0 radical (unpaired) electrons. The van der Waals surface area contributed by atoms with Crippen LogP contribution in [0.3, 0.4) is 0 Å². The highest BCUT2D eigenvalue weighted by atomic mass is 19.1. The van der Waals surface area contributed by atoms with E-state index < -0.39 is 0 Å². The number of benzene rings is 1. The molecule has 3 heterocycles. The molecule has 1 aromatic carbocycles. The van der Waals surface area contributed by atoms with E-state index in [1.54, 1.807) is 21.9 Å². The van der Waals surface area contributed by atoms with Crippen molar-refractivity contribution < 1.29 is 18.5 Å². The molecule has 1 aliphatic carbocycles. The fraction of sp³-hybridized carbons (Fsp3) is 0.545. The van der Waals surface area contributed by atoms with Crippen LogP contribution in [0.1, 0.15) is 43.3 Å². The molecule has 2 saturated heterocycles. The van der Waals surface area contributed by atoms with Crippen LogP contribution < -0.4 is 4.90 Å². The first kappa shape index (κ1) is 20.0. The summed E-state index contributed by atoms with van der Waals surface area (Å²) in [5.41, 5.74) is 0.643. The number of amides is 3. The summed E-state index contributed by atoms with van der Waals surface area (Å²) >= 11 is 0. The third kappa shape index (κ3) is 4.40. The first-order chi connectivity index (χ1) is 15.1. The summed E-state index contributed by atoms with van der Waals surface area (Å²) < 4.78 is 18.6. The molecule has 1 atom stereocenters. The summed E-state index contributed by atoms with van der Waals surface area (Å²) in [5.74, 6) is 1.85. The Labute approximate surface area is 180 Å². The van der Waals surface area contributed by atoms with Gasteiger partial charge in [0.25, 0.3) is 0 Å². The molecular formula is C22H26FN5O3. The van der Waals surface area contributed by atoms with Gasteiger partial charge in [-0.05, 0) is 55.9 Å². The predicted molar refractivity (Wildman–Crippen MR) is 110 cm³/mol. The van der Waals surface area contributed by atoms with Crippen LogP contribution in [0.5, 0.6) is 0 Å². The monoisotopic (exact) mass is 427 g/mol. The topological polar surface area (TPSA) is 82.8 Å². The summed E-state index contributed by atoms with van der Waals surface area (Å²) in [6.07, 6.45) is 4.91. The highest BCUT2D eigenvalue weighted by Crippen LogP contribution is 2.38. The van der Waals surface area contributed by atoms with Gasteiger partial charge in [0.15, 0.2) is 5.82 Å². The first-order valence-electron chi connectivity index (χ1n) is 11.0. The molecule has 2 aliphatic heterocycles. The second-order valence-electron chi connectivity index (χ2n) is 8.70. The molecule has 0 bridgehead atoms. The number of nitrogens with zero attached hydrogens (tertiary/aromatic N) is 5. The largest absolute Gasteiger partial charge is 0.341 e. The Morgan fingerprint density at radius 1 is 1.13 bits per heavy atom. The number of likely N-dealkylation sites (tertiary alicyclic amines) is 1. The molecule has 1 unspecified atom stereocenters. The second kappa shape index (κ2) is 8.28. The number of halogens is 1. The van der Waals surface area contributed by atoms with E-state index in [0.717, 1.165) is 31.5 Å². The standard InChI is InChI=1S/C22H26FN5O3/c23-17-5-7-18(8-6-17)28-11-10-27(22(28)30)14-20(29)26-9-1-2-15(13-26)12-19-24-21(25-31-19)16-3-4-16/h5-8,15-16H,1-4,9-14H2. The average Bonchev–Trinajstić information content (AvgIpc) is 3.43. The number of hydrogen-bond acceptors (Lipinski definition) is 5. The van der Waals surface area contributed by atoms with E-state index in [1.165, 1.54) is 12.1 Å². The van der Waals surface area contributed by atoms with Crippen LogP contribution in [-0.4, -0.2) is 64.6 Å². The maximum absolute atomic E-state index is 13.2. The van der Waals surface area contributed by atoms with Gasteiger partial charge in [0.1, 0.15) is 12.4 Å². The fourth-order valence-corrected chi connectivity index (χ4v) is 4.42. The normalized spacial score (nSPS) is 21.8. The average molecular weight is 427 g/mol. The lowest BCUT2D eigenvalue weighted by molar-refractivity contribution is -0.133. The van der Waals surface area contributed by atoms with Crippen molar-refractivity contribution in [1.82, 2.24) is 19.9 Å². The summed E-state index contributed by atoms with van der Waals surface area (Å²) in [5, 5.41) is 4.08. The van der Waals surface area contributed by atoms with Crippen molar-refractivity contribution in [2.75, 3.05) is 37.6 Å². The van der Waals surface area contributed by atoms with Gasteiger partial charge in [-0.15, -0.1) is 0 Å². The molecule has 1 aromatic heterocycles. The number of urea groups is 1. The minimum atomic E-state index is -0.341. The zero-order valence-electron chi connectivity index (χ0n) is 17.4. The number of aromatic nitrogens is 2. The van der Waals surface area contributed by atoms with Crippen molar-refractivity contribution in [2.45, 2.75) is 38.0 Å². The van der Waals surface area contributed by atoms with Crippen molar-refractivity contribution in [2.24, 2.45) is 5.92 Å². The van der Waals surface area contributed by atoms with Gasteiger partial charge in [-0.1, -0.05) is 5.16 Å². The molecule has 9 heteroatoms. The van der Waals surface area contributed by atoms with E-state index in [1.807, 2.05) is 4.90 Å². The van der Waals surface area contributed by atoms with Crippen molar-refractivity contribution >= 4 is 17.6 Å². The Hall–Kier alpha value is -2.97. The Kier molecular flexibility index (Phi) is 5.33. The minimum Gasteiger partial charge on any atom is -0.341 e. The molecule has 2 aromatic rings. The van der Waals surface area contributed by atoms with Gasteiger partial charge in [0.2, 0.25) is 11.8 Å². The number of hydrogen-bond donors (Lipinski definition) is 0. The molecule has 3 fully saturated rings. The molecule has 5 rings (SSSR count). The summed E-state index contributed by atoms with van der Waals surface area (Å²) in [6.45, 7) is 2.38. The van der Waals surface area contributed by atoms with Crippen LogP contribution in [0.2, 0.25) is 0 Å². The second-order valence-corrected chi connectivity index (χ2v) is 8.70. The molecule has 8 nitrogen and oxygen atoms in total. The summed E-state index contributed by atoms with van der Waals surface area (Å²) in [4.78, 5) is 35.1. The Balaban J connectivity index is 1.15. The number of carbonyl (C=O) groups excluding carboxylic acids is 2. The van der Waals surface area contributed by atoms with Crippen molar-refractivity contribution in [3.63, 3.8) is 0 Å². The first-order valence-corrected chi connectivity index (χ1v) is 11.0. The van der Waals surface area contributed by atoms with Crippen molar-refractivity contribution in [3.8, 4) is 0 Å². The lowest BCUT2D eigenvalue weighted by atomic mass is 9.94. The predicted octanol–water partition coefficient (Wildman–Crippen LogP) is 2.81. The van der Waals surface area contributed by atoms with Crippen LogP contribution in [0.25, 0.3) is 0 Å². The molecule has 3 amide bonds. The van der Waals surface area contributed by atoms with Crippen LogP contribution in [0.15, 0.2) is 28.8 Å². The molecular weight excluding hydrogens is 401 g/mol. The van der Waals surface area contributed by atoms with Crippen LogP contribution in [-0.2, 0) is 11.2 Å². The molecule has 3 aliphatic rings. The third-order valence-electron chi connectivity index (χ3n) is 6.32. The highest BCUT2D eigenvalue weighted by Gasteiger charge is 2.34. The Morgan fingerprint density at radius 3 is 2.71 bits per heavy atom. The lowest BCUT2D eigenvalue weighted by Gasteiger charge is -2.33. The summed E-state index contributed by atoms with van der Waals surface area (Å²) in [6, 6.07) is 5.62. The van der Waals surface area contributed by atoms with Crippen LogP contribution in [0.4, 0.5) is 14.9 Å². The summed E-state index contributed by atoms with van der Waals surface area (Å²) in [7, 11) is 0. The van der Waals surface area contributed by atoms with Crippen LogP contribution in [0, 0.1) is 11.7 Å². The Morgan fingerprint density at radius 2 is 1.94 bits per heavy atom. The molecule has 1 saturated carbocycles.